The number of aromatic nitrogens is 2. The molecule has 1 aromatic carbocycles. The van der Waals surface area contributed by atoms with Gasteiger partial charge in [-0.05, 0) is 30.7 Å². The molecule has 0 aliphatic rings. The number of amides is 1. The summed E-state index contributed by atoms with van der Waals surface area (Å²) in [4.78, 5) is 16.6. The van der Waals surface area contributed by atoms with Crippen LogP contribution >= 0.6 is 0 Å². The monoisotopic (exact) mass is 358 g/mol. The molecular weight excluding hydrogens is 339 g/mol. The normalized spacial score (nSPS) is 10.9. The van der Waals surface area contributed by atoms with E-state index in [-0.39, 0.29) is 23.7 Å². The summed E-state index contributed by atoms with van der Waals surface area (Å²) in [6, 6.07) is 7.92. The van der Waals surface area contributed by atoms with Gasteiger partial charge in [-0.2, -0.15) is 0 Å². The molecule has 0 unspecified atom stereocenters. The van der Waals surface area contributed by atoms with Gasteiger partial charge in [-0.25, -0.2) is 9.37 Å². The molecule has 2 heterocycles. The molecule has 2 aromatic heterocycles. The number of nitrogens with two attached hydrogens (primary N) is 1. The number of fused-ring (bicyclic) bond motifs is 1. The number of carbonyl (C=O) groups excluding carboxylic acids is 1. The number of halogens is 1. The summed E-state index contributed by atoms with van der Waals surface area (Å²) in [5.41, 5.74) is 7.17. The number of nitrogen functional groups attached to an aromatic ring is 1. The molecule has 3 aromatic rings. The van der Waals surface area contributed by atoms with Crippen molar-refractivity contribution in [3.63, 3.8) is 0 Å². The number of nitrogens with zero attached hydrogens (tertiary/aromatic N) is 2. The first kappa shape index (κ1) is 17.7. The van der Waals surface area contributed by atoms with Gasteiger partial charge in [0.15, 0.2) is 5.69 Å². The Bertz CT molecular complexity index is 955. The van der Waals surface area contributed by atoms with Gasteiger partial charge in [0.05, 0.1) is 12.7 Å². The molecule has 8 heteroatoms. The third-order valence-electron chi connectivity index (χ3n) is 3.99. The number of carbonyl (C=O) groups is 1. The smallest absolute Gasteiger partial charge is 0.273 e. The zero-order valence-corrected chi connectivity index (χ0v) is 14.2. The van der Waals surface area contributed by atoms with E-state index in [1.807, 2.05) is 0 Å². The molecule has 0 aliphatic heterocycles. The fourth-order valence-electron chi connectivity index (χ4n) is 2.75. The highest BCUT2D eigenvalue weighted by atomic mass is 19.1. The molecule has 0 aliphatic carbocycles. The number of imidazole rings is 1. The number of rotatable bonds is 6. The van der Waals surface area contributed by atoms with Crippen LogP contribution in [0.2, 0.25) is 0 Å². The van der Waals surface area contributed by atoms with Gasteiger partial charge in [0, 0.05) is 24.9 Å². The first-order valence-electron chi connectivity index (χ1n) is 8.07. The van der Waals surface area contributed by atoms with Gasteiger partial charge in [0.25, 0.3) is 5.91 Å². The van der Waals surface area contributed by atoms with Crippen LogP contribution in [-0.4, -0.2) is 40.7 Å². The van der Waals surface area contributed by atoms with Crippen molar-refractivity contribution in [1.82, 2.24) is 14.7 Å². The van der Waals surface area contributed by atoms with Crippen molar-refractivity contribution in [2.45, 2.75) is 6.42 Å². The van der Waals surface area contributed by atoms with Crippen molar-refractivity contribution in [1.29, 1.82) is 0 Å². The summed E-state index contributed by atoms with van der Waals surface area (Å²) in [6.07, 6.45) is 2.08. The topological polar surface area (TPSA) is 102 Å². The number of ether oxygens (including phenoxy) is 1. The quantitative estimate of drug-likeness (QED) is 0.584. The maximum atomic E-state index is 14.5. The Morgan fingerprint density at radius 1 is 1.38 bits per heavy atom. The first-order valence-corrected chi connectivity index (χ1v) is 8.07. The van der Waals surface area contributed by atoms with Crippen molar-refractivity contribution in [3.8, 4) is 16.9 Å². The predicted octanol–water partition coefficient (Wildman–Crippen LogP) is 1.84. The molecule has 3 rings (SSSR count). The fraction of sp³-hybridized carbons (Fsp3) is 0.222. The maximum absolute atomic E-state index is 14.5. The second kappa shape index (κ2) is 7.40. The van der Waals surface area contributed by atoms with Gasteiger partial charge < -0.3 is 20.9 Å². The van der Waals surface area contributed by atoms with Crippen LogP contribution in [0, 0.1) is 5.82 Å². The summed E-state index contributed by atoms with van der Waals surface area (Å²) in [7, 11) is 1.46. The lowest BCUT2D eigenvalue weighted by Gasteiger charge is -2.10. The molecule has 0 saturated carbocycles. The van der Waals surface area contributed by atoms with E-state index in [2.05, 4.69) is 10.3 Å². The van der Waals surface area contributed by atoms with E-state index in [0.29, 0.717) is 29.9 Å². The zero-order chi connectivity index (χ0) is 18.7. The molecule has 0 spiro atoms. The van der Waals surface area contributed by atoms with E-state index in [9.17, 15) is 9.18 Å². The van der Waals surface area contributed by atoms with Gasteiger partial charge in [-0.1, -0.05) is 6.07 Å². The SMILES string of the molecule is COc1cccc(F)c1-c1cccn2c(N)c(C(=O)NCCCO)nc12. The molecular formula is C18H19FN4O3. The van der Waals surface area contributed by atoms with Crippen LogP contribution in [0.3, 0.4) is 0 Å². The number of aliphatic hydroxyl groups is 1. The number of anilines is 1. The number of nitrogens with one attached hydrogen (secondary N) is 1. The molecule has 136 valence electrons. The minimum Gasteiger partial charge on any atom is -0.496 e. The van der Waals surface area contributed by atoms with E-state index in [1.165, 1.54) is 17.6 Å². The molecule has 0 bridgehead atoms. The highest BCUT2D eigenvalue weighted by Gasteiger charge is 2.21. The third-order valence-corrected chi connectivity index (χ3v) is 3.99. The predicted molar refractivity (Wildman–Crippen MR) is 95.6 cm³/mol. The van der Waals surface area contributed by atoms with Gasteiger partial charge >= 0.3 is 0 Å². The lowest BCUT2D eigenvalue weighted by molar-refractivity contribution is 0.0947. The second-order valence-corrected chi connectivity index (χ2v) is 5.61. The molecule has 0 saturated heterocycles. The number of pyridine rings is 1. The maximum Gasteiger partial charge on any atom is 0.273 e. The number of methoxy groups -OCH3 is 1. The lowest BCUT2D eigenvalue weighted by Crippen LogP contribution is -2.26. The standard InChI is InChI=1S/C18H19FN4O3/c1-26-13-7-2-6-12(19)14(13)11-5-3-9-23-16(20)15(22-17(11)23)18(25)21-8-4-10-24/h2-3,5-7,9,24H,4,8,10,20H2,1H3,(H,21,25). The average Bonchev–Trinajstić information content (AvgIpc) is 2.99. The van der Waals surface area contributed by atoms with Crippen LogP contribution in [0.1, 0.15) is 16.9 Å². The Morgan fingerprint density at radius 3 is 2.92 bits per heavy atom. The van der Waals surface area contributed by atoms with Crippen molar-refractivity contribution in [2.75, 3.05) is 26.0 Å². The first-order chi connectivity index (χ1) is 12.6. The second-order valence-electron chi connectivity index (χ2n) is 5.61. The van der Waals surface area contributed by atoms with E-state index in [1.54, 1.807) is 30.5 Å². The van der Waals surface area contributed by atoms with Crippen LogP contribution < -0.4 is 15.8 Å². The molecule has 7 nitrogen and oxygen atoms in total. The number of benzene rings is 1. The van der Waals surface area contributed by atoms with Gasteiger partial charge in [0.1, 0.15) is 23.0 Å². The largest absolute Gasteiger partial charge is 0.496 e. The van der Waals surface area contributed by atoms with Crippen molar-refractivity contribution in [2.24, 2.45) is 0 Å². The molecule has 0 fully saturated rings. The van der Waals surface area contributed by atoms with E-state index >= 15 is 0 Å². The van der Waals surface area contributed by atoms with Gasteiger partial charge in [-0.15, -0.1) is 0 Å². The summed E-state index contributed by atoms with van der Waals surface area (Å²) in [6.45, 7) is 0.273. The Labute approximate surface area is 149 Å². The summed E-state index contributed by atoms with van der Waals surface area (Å²) in [5, 5.41) is 11.5. The number of aliphatic hydroxyl groups excluding tert-OH is 1. The number of hydrogen-bond donors (Lipinski definition) is 3. The Hall–Kier alpha value is -3.13. The van der Waals surface area contributed by atoms with E-state index in [0.717, 1.165) is 0 Å². The Kier molecular flexibility index (Phi) is 5.04. The van der Waals surface area contributed by atoms with Crippen molar-refractivity contribution >= 4 is 17.4 Å². The molecule has 26 heavy (non-hydrogen) atoms. The molecule has 0 radical (unpaired) electrons. The van der Waals surface area contributed by atoms with Crippen LogP contribution in [0.15, 0.2) is 36.5 Å². The van der Waals surface area contributed by atoms with Crippen LogP contribution in [0.25, 0.3) is 16.8 Å². The molecule has 0 atom stereocenters. The van der Waals surface area contributed by atoms with Crippen LogP contribution in [-0.2, 0) is 0 Å². The molecule has 4 N–H and O–H groups in total. The molecule has 1 amide bonds. The van der Waals surface area contributed by atoms with Gasteiger partial charge in [0.2, 0.25) is 0 Å². The lowest BCUT2D eigenvalue weighted by atomic mass is 10.1. The van der Waals surface area contributed by atoms with E-state index < -0.39 is 11.7 Å². The third kappa shape index (κ3) is 3.06. The minimum atomic E-state index is -0.465. The highest BCUT2D eigenvalue weighted by molar-refractivity contribution is 5.99. The Morgan fingerprint density at radius 2 is 2.19 bits per heavy atom. The minimum absolute atomic E-state index is 0.0296. The van der Waals surface area contributed by atoms with Crippen LogP contribution in [0.5, 0.6) is 5.75 Å². The summed E-state index contributed by atoms with van der Waals surface area (Å²) >= 11 is 0. The fourth-order valence-corrected chi connectivity index (χ4v) is 2.75. The van der Waals surface area contributed by atoms with Crippen molar-refractivity contribution in [3.05, 3.63) is 48.0 Å². The van der Waals surface area contributed by atoms with Gasteiger partial charge in [-0.3, -0.25) is 9.20 Å². The summed E-state index contributed by atoms with van der Waals surface area (Å²) in [5.74, 6) is -0.411. The average molecular weight is 358 g/mol. The van der Waals surface area contributed by atoms with Crippen LogP contribution in [0.4, 0.5) is 10.2 Å². The summed E-state index contributed by atoms with van der Waals surface area (Å²) < 4.78 is 21.3. The van der Waals surface area contributed by atoms with E-state index in [4.69, 9.17) is 15.6 Å². The highest BCUT2D eigenvalue weighted by Crippen LogP contribution is 2.35. The Balaban J connectivity index is 2.13. The number of hydrogen-bond acceptors (Lipinski definition) is 5. The van der Waals surface area contributed by atoms with Crippen molar-refractivity contribution < 1.29 is 19.0 Å². The zero-order valence-electron chi connectivity index (χ0n) is 14.2.